The zero-order valence-corrected chi connectivity index (χ0v) is 25.7. The predicted octanol–water partition coefficient (Wildman–Crippen LogP) is 4.74. The number of nitrogens with zero attached hydrogens (tertiary/aromatic N) is 6. The average Bonchev–Trinajstić information content (AvgIpc) is 3.60. The van der Waals surface area contributed by atoms with Crippen LogP contribution in [-0.2, 0) is 16.0 Å². The lowest BCUT2D eigenvalue weighted by Gasteiger charge is -2.38. The number of carbonyl (C=O) groups is 3. The lowest BCUT2D eigenvalue weighted by atomic mass is 9.80. The minimum Gasteiger partial charge on any atom is -0.478 e. The average molecular weight is 644 g/mol. The van der Waals surface area contributed by atoms with E-state index in [9.17, 15) is 19.5 Å². The summed E-state index contributed by atoms with van der Waals surface area (Å²) in [6.45, 7) is 2.22. The Morgan fingerprint density at radius 1 is 1.02 bits per heavy atom. The van der Waals surface area contributed by atoms with Gasteiger partial charge in [-0.15, -0.1) is 5.10 Å². The molecule has 1 atom stereocenters. The number of aromatic carboxylic acids is 1. The van der Waals surface area contributed by atoms with Gasteiger partial charge in [-0.05, 0) is 115 Å². The molecule has 0 spiro atoms. The first-order chi connectivity index (χ1) is 22.2. The number of rotatable bonds is 7. The van der Waals surface area contributed by atoms with Crippen LogP contribution in [0.4, 0.5) is 10.1 Å². The number of aromatic nitrogens is 4. The Labute approximate surface area is 269 Å². The molecule has 0 unspecified atom stereocenters. The van der Waals surface area contributed by atoms with Crippen LogP contribution in [-0.4, -0.2) is 79.6 Å². The number of benzene rings is 3. The number of hydrogen-bond donors (Lipinski definition) is 2. The number of nitrogens with one attached hydrogen (secondary N) is 1. The minimum atomic E-state index is -1.08. The molecule has 0 saturated carbocycles. The lowest BCUT2D eigenvalue weighted by Crippen LogP contribution is -2.45. The topological polar surface area (TPSA) is 134 Å². The molecule has 3 aromatic carbocycles. The monoisotopic (exact) mass is 643 g/mol. The van der Waals surface area contributed by atoms with Gasteiger partial charge in [-0.1, -0.05) is 29.8 Å². The van der Waals surface area contributed by atoms with E-state index < -0.39 is 29.6 Å². The second-order valence-electron chi connectivity index (χ2n) is 11.4. The Morgan fingerprint density at radius 3 is 2.46 bits per heavy atom. The minimum absolute atomic E-state index is 0.00892. The maximum absolute atomic E-state index is 15.2. The first-order valence-electron chi connectivity index (χ1n) is 14.9. The molecule has 3 heterocycles. The molecule has 1 fully saturated rings. The fraction of sp³-hybridized carbons (Fsp3) is 0.273. The van der Waals surface area contributed by atoms with E-state index in [0.717, 1.165) is 37.1 Å². The van der Waals surface area contributed by atoms with Crippen LogP contribution in [0.25, 0.3) is 11.8 Å². The summed E-state index contributed by atoms with van der Waals surface area (Å²) >= 11 is 6.07. The molecule has 2 N–H and O–H groups in total. The Hall–Kier alpha value is -4.94. The molecule has 2 aliphatic rings. The Kier molecular flexibility index (Phi) is 8.91. The Bertz CT molecular complexity index is 1810. The molecule has 11 nitrogen and oxygen atoms in total. The van der Waals surface area contributed by atoms with Crippen LogP contribution in [0.3, 0.4) is 0 Å². The number of hydrogen-bond acceptors (Lipinski definition) is 7. The number of tetrazole rings is 1. The van der Waals surface area contributed by atoms with Crippen molar-refractivity contribution in [1.82, 2.24) is 30.0 Å². The third-order valence-corrected chi connectivity index (χ3v) is 8.94. The Balaban J connectivity index is 1.35. The van der Waals surface area contributed by atoms with Crippen molar-refractivity contribution in [2.75, 3.05) is 32.0 Å². The standard InChI is InChI=1S/C33H31ClFN7O4/c1-40-16-13-20(14-17-40)23-3-2-4-25-24(23)15-18-41(31(25)32(44)37-22-7-5-21(6-8-22)33(45)46)29(43)12-9-26-28(42-19-36-38-39-42)11-10-27(34)30(26)35/h2-12,19-20,31H,13-18H2,1H3,(H,37,44)(H,45,46)/t31-/m1/s1. The molecule has 1 aromatic heterocycles. The number of carbonyl (C=O) groups excluding carboxylic acids is 2. The molecule has 46 heavy (non-hydrogen) atoms. The predicted molar refractivity (Wildman–Crippen MR) is 169 cm³/mol. The molecule has 6 rings (SSSR count). The highest BCUT2D eigenvalue weighted by molar-refractivity contribution is 6.31. The van der Waals surface area contributed by atoms with Gasteiger partial charge in [0, 0.05) is 23.9 Å². The van der Waals surface area contributed by atoms with Gasteiger partial charge in [-0.3, -0.25) is 9.59 Å². The molecule has 2 amide bonds. The zero-order valence-electron chi connectivity index (χ0n) is 24.9. The summed E-state index contributed by atoms with van der Waals surface area (Å²) in [6.07, 6.45) is 6.38. The van der Waals surface area contributed by atoms with E-state index in [4.69, 9.17) is 11.6 Å². The third-order valence-electron chi connectivity index (χ3n) is 8.64. The molecule has 0 radical (unpaired) electrons. The van der Waals surface area contributed by atoms with Crippen molar-refractivity contribution in [2.24, 2.45) is 0 Å². The summed E-state index contributed by atoms with van der Waals surface area (Å²) in [4.78, 5) is 43.0. The highest BCUT2D eigenvalue weighted by Crippen LogP contribution is 2.38. The van der Waals surface area contributed by atoms with Crippen molar-refractivity contribution < 1.29 is 23.9 Å². The number of piperidine rings is 1. The van der Waals surface area contributed by atoms with Crippen LogP contribution >= 0.6 is 11.6 Å². The molecule has 4 aromatic rings. The van der Waals surface area contributed by atoms with Gasteiger partial charge in [0.1, 0.15) is 12.4 Å². The number of likely N-dealkylation sites (tertiary alicyclic amines) is 1. The molecule has 13 heteroatoms. The van der Waals surface area contributed by atoms with Crippen molar-refractivity contribution in [3.8, 4) is 5.69 Å². The van der Waals surface area contributed by atoms with Gasteiger partial charge >= 0.3 is 5.97 Å². The van der Waals surface area contributed by atoms with Gasteiger partial charge in [0.2, 0.25) is 5.91 Å². The summed E-state index contributed by atoms with van der Waals surface area (Å²) in [6, 6.07) is 13.7. The smallest absolute Gasteiger partial charge is 0.335 e. The van der Waals surface area contributed by atoms with Crippen molar-refractivity contribution in [3.63, 3.8) is 0 Å². The Morgan fingerprint density at radius 2 is 1.76 bits per heavy atom. The maximum Gasteiger partial charge on any atom is 0.335 e. The number of halogens is 2. The van der Waals surface area contributed by atoms with Crippen LogP contribution in [0.1, 0.15) is 57.4 Å². The molecule has 1 saturated heterocycles. The summed E-state index contributed by atoms with van der Waals surface area (Å²) in [5.74, 6) is -2.43. The molecule has 236 valence electrons. The quantitative estimate of drug-likeness (QED) is 0.276. The van der Waals surface area contributed by atoms with Gasteiger partial charge in [-0.2, -0.15) is 4.68 Å². The highest BCUT2D eigenvalue weighted by Gasteiger charge is 2.37. The lowest BCUT2D eigenvalue weighted by molar-refractivity contribution is -0.135. The van der Waals surface area contributed by atoms with Crippen molar-refractivity contribution in [1.29, 1.82) is 0 Å². The normalized spacial score (nSPS) is 17.2. The SMILES string of the molecule is CN1CCC(c2cccc3c2CCN(C(=O)C=Cc2c(-n4cnnn4)ccc(Cl)c2F)[C@H]3C(=O)Nc2ccc(C(=O)O)cc2)CC1. The van der Waals surface area contributed by atoms with Crippen LogP contribution in [0.2, 0.25) is 5.02 Å². The molecule has 2 aliphatic heterocycles. The van der Waals surface area contributed by atoms with Crippen LogP contribution in [0.5, 0.6) is 0 Å². The van der Waals surface area contributed by atoms with E-state index in [1.54, 1.807) is 6.07 Å². The largest absolute Gasteiger partial charge is 0.478 e. The number of carboxylic acids is 1. The molecule has 0 bridgehead atoms. The molecular weight excluding hydrogens is 613 g/mol. The fourth-order valence-electron chi connectivity index (χ4n) is 6.26. The zero-order chi connectivity index (χ0) is 32.4. The van der Waals surface area contributed by atoms with E-state index in [1.165, 1.54) is 64.0 Å². The van der Waals surface area contributed by atoms with Gasteiger partial charge in [0.05, 0.1) is 16.3 Å². The maximum atomic E-state index is 15.2. The summed E-state index contributed by atoms with van der Waals surface area (Å²) in [5.41, 5.74) is 3.75. The first kappa shape index (κ1) is 31.1. The first-order valence-corrected chi connectivity index (χ1v) is 15.2. The van der Waals surface area contributed by atoms with E-state index in [2.05, 4.69) is 38.9 Å². The van der Waals surface area contributed by atoms with Gasteiger partial charge in [-0.25, -0.2) is 9.18 Å². The van der Waals surface area contributed by atoms with E-state index >= 15 is 4.39 Å². The second kappa shape index (κ2) is 13.2. The summed E-state index contributed by atoms with van der Waals surface area (Å²) in [7, 11) is 2.11. The fourth-order valence-corrected chi connectivity index (χ4v) is 6.43. The van der Waals surface area contributed by atoms with Crippen molar-refractivity contribution in [2.45, 2.75) is 31.2 Å². The van der Waals surface area contributed by atoms with E-state index in [-0.39, 0.29) is 28.4 Å². The highest BCUT2D eigenvalue weighted by atomic mass is 35.5. The summed E-state index contributed by atoms with van der Waals surface area (Å²) in [5, 5.41) is 23.0. The van der Waals surface area contributed by atoms with E-state index in [0.29, 0.717) is 18.0 Å². The van der Waals surface area contributed by atoms with Crippen LogP contribution in [0.15, 0.2) is 67.0 Å². The van der Waals surface area contributed by atoms with Gasteiger partial charge in [0.15, 0.2) is 5.82 Å². The summed E-state index contributed by atoms with van der Waals surface area (Å²) < 4.78 is 16.5. The van der Waals surface area contributed by atoms with Crippen molar-refractivity contribution in [3.05, 3.63) is 106 Å². The van der Waals surface area contributed by atoms with Crippen LogP contribution < -0.4 is 5.32 Å². The van der Waals surface area contributed by atoms with Crippen LogP contribution in [0, 0.1) is 5.82 Å². The molecular formula is C33H31ClFN7O4. The van der Waals surface area contributed by atoms with Gasteiger partial charge in [0.25, 0.3) is 5.91 Å². The number of fused-ring (bicyclic) bond motifs is 1. The number of anilines is 1. The van der Waals surface area contributed by atoms with E-state index in [1.807, 2.05) is 12.1 Å². The number of carboxylic acid groups (broad SMARTS) is 1. The second-order valence-corrected chi connectivity index (χ2v) is 11.8. The van der Waals surface area contributed by atoms with Crippen molar-refractivity contribution >= 4 is 41.1 Å². The number of amides is 2. The molecule has 0 aliphatic carbocycles. The third kappa shape index (κ3) is 6.26. The van der Waals surface area contributed by atoms with Gasteiger partial charge < -0.3 is 20.2 Å².